The fraction of sp³-hybridized carbons (Fsp3) is 0.357. The minimum atomic E-state index is -3.38. The number of nitrogens with zero attached hydrogens (tertiary/aromatic N) is 3. The van der Waals surface area contributed by atoms with E-state index < -0.39 is 10.0 Å². The minimum absolute atomic E-state index is 0.0380. The molecule has 0 saturated carbocycles. The summed E-state index contributed by atoms with van der Waals surface area (Å²) in [6.07, 6.45) is 1.86. The molecule has 6 nitrogen and oxygen atoms in total. The highest BCUT2D eigenvalue weighted by Crippen LogP contribution is 2.20. The monoisotopic (exact) mass is 308 g/mol. The van der Waals surface area contributed by atoms with Crippen molar-refractivity contribution in [1.29, 1.82) is 0 Å². The van der Waals surface area contributed by atoms with E-state index in [1.807, 2.05) is 38.4 Å². The maximum absolute atomic E-state index is 12.0. The van der Waals surface area contributed by atoms with Crippen molar-refractivity contribution in [3.63, 3.8) is 0 Å². The van der Waals surface area contributed by atoms with Crippen molar-refractivity contribution >= 4 is 15.8 Å². The first-order chi connectivity index (χ1) is 9.80. The van der Waals surface area contributed by atoms with Gasteiger partial charge in [-0.25, -0.2) is 12.7 Å². The van der Waals surface area contributed by atoms with E-state index in [0.29, 0.717) is 4.90 Å². The van der Waals surface area contributed by atoms with Crippen LogP contribution < -0.4 is 5.32 Å². The standard InChI is InChI=1S/C14H20N4O2S/c1-11(15-14-9-10-18(4)16-14)12-5-7-13(8-6-12)21(19,20)17(2)3/h5-11H,1-4H3,(H,15,16). The molecule has 1 unspecified atom stereocenters. The van der Waals surface area contributed by atoms with Gasteiger partial charge in [0.15, 0.2) is 0 Å². The van der Waals surface area contributed by atoms with Gasteiger partial charge in [0.1, 0.15) is 5.82 Å². The van der Waals surface area contributed by atoms with E-state index in [4.69, 9.17) is 0 Å². The highest BCUT2D eigenvalue weighted by molar-refractivity contribution is 7.89. The number of aromatic nitrogens is 2. The van der Waals surface area contributed by atoms with Gasteiger partial charge in [-0.2, -0.15) is 5.10 Å². The third kappa shape index (κ3) is 3.43. The molecule has 1 heterocycles. The number of benzene rings is 1. The van der Waals surface area contributed by atoms with Crippen molar-refractivity contribution in [3.8, 4) is 0 Å². The van der Waals surface area contributed by atoms with Gasteiger partial charge in [0, 0.05) is 39.4 Å². The summed E-state index contributed by atoms with van der Waals surface area (Å²) >= 11 is 0. The Labute approximate surface area is 125 Å². The Bertz CT molecular complexity index is 705. The molecule has 1 aromatic carbocycles. The molecule has 0 saturated heterocycles. The van der Waals surface area contributed by atoms with E-state index in [-0.39, 0.29) is 6.04 Å². The van der Waals surface area contributed by atoms with Crippen molar-refractivity contribution < 1.29 is 8.42 Å². The Morgan fingerprint density at radius 2 is 1.81 bits per heavy atom. The molecule has 0 spiro atoms. The van der Waals surface area contributed by atoms with E-state index in [2.05, 4.69) is 10.4 Å². The van der Waals surface area contributed by atoms with Gasteiger partial charge in [-0.3, -0.25) is 4.68 Å². The fourth-order valence-corrected chi connectivity index (χ4v) is 2.84. The third-order valence-corrected chi connectivity index (χ3v) is 5.07. The average molecular weight is 308 g/mol. The summed E-state index contributed by atoms with van der Waals surface area (Å²) in [4.78, 5) is 0.293. The van der Waals surface area contributed by atoms with Crippen LogP contribution in [0.4, 0.5) is 5.82 Å². The average Bonchev–Trinajstić information content (AvgIpc) is 2.84. The lowest BCUT2D eigenvalue weighted by Crippen LogP contribution is -2.22. The van der Waals surface area contributed by atoms with E-state index in [0.717, 1.165) is 11.4 Å². The van der Waals surface area contributed by atoms with Crippen LogP contribution >= 0.6 is 0 Å². The number of hydrogen-bond donors (Lipinski definition) is 1. The van der Waals surface area contributed by atoms with Gasteiger partial charge >= 0.3 is 0 Å². The Balaban J connectivity index is 2.15. The summed E-state index contributed by atoms with van der Waals surface area (Å²) in [7, 11) is 1.52. The number of rotatable bonds is 5. The largest absolute Gasteiger partial charge is 0.362 e. The predicted octanol–water partition coefficient (Wildman–Crippen LogP) is 1.84. The van der Waals surface area contributed by atoms with Gasteiger partial charge in [-0.1, -0.05) is 12.1 Å². The van der Waals surface area contributed by atoms with Crippen molar-refractivity contribution in [2.45, 2.75) is 17.9 Å². The summed E-state index contributed by atoms with van der Waals surface area (Å²) in [6, 6.07) is 8.81. The van der Waals surface area contributed by atoms with Crippen LogP contribution in [0, 0.1) is 0 Å². The molecule has 0 aliphatic heterocycles. The molecule has 114 valence electrons. The Kier molecular flexibility index (Phi) is 4.34. The van der Waals surface area contributed by atoms with Crippen LogP contribution in [0.5, 0.6) is 0 Å². The lowest BCUT2D eigenvalue weighted by Gasteiger charge is -2.15. The maximum Gasteiger partial charge on any atom is 0.242 e. The molecule has 2 rings (SSSR count). The van der Waals surface area contributed by atoms with Crippen molar-refractivity contribution in [1.82, 2.24) is 14.1 Å². The second-order valence-electron chi connectivity index (χ2n) is 5.10. The van der Waals surface area contributed by atoms with Crippen LogP contribution in [0.2, 0.25) is 0 Å². The second-order valence-corrected chi connectivity index (χ2v) is 7.25. The lowest BCUT2D eigenvalue weighted by molar-refractivity contribution is 0.520. The lowest BCUT2D eigenvalue weighted by atomic mass is 10.1. The van der Waals surface area contributed by atoms with Crippen LogP contribution in [-0.2, 0) is 17.1 Å². The molecule has 0 radical (unpaired) electrons. The van der Waals surface area contributed by atoms with E-state index >= 15 is 0 Å². The maximum atomic E-state index is 12.0. The summed E-state index contributed by atoms with van der Waals surface area (Å²) in [5.74, 6) is 0.787. The van der Waals surface area contributed by atoms with Gasteiger partial charge < -0.3 is 5.32 Å². The Morgan fingerprint density at radius 3 is 2.29 bits per heavy atom. The second kappa shape index (κ2) is 5.87. The SMILES string of the molecule is CC(Nc1ccn(C)n1)c1ccc(S(=O)(=O)N(C)C)cc1. The molecule has 1 atom stereocenters. The van der Waals surface area contributed by atoms with E-state index in [9.17, 15) is 8.42 Å². The summed E-state index contributed by atoms with van der Waals surface area (Å²) in [5, 5.41) is 7.53. The van der Waals surface area contributed by atoms with Crippen LogP contribution in [0.25, 0.3) is 0 Å². The topological polar surface area (TPSA) is 67.2 Å². The number of aryl methyl sites for hydroxylation is 1. The normalized spacial score (nSPS) is 13.4. The van der Waals surface area contributed by atoms with Crippen molar-refractivity contribution in [3.05, 3.63) is 42.1 Å². The van der Waals surface area contributed by atoms with Crippen LogP contribution in [0.3, 0.4) is 0 Å². The third-order valence-electron chi connectivity index (χ3n) is 3.24. The number of sulfonamides is 1. The molecule has 0 amide bonds. The van der Waals surface area contributed by atoms with Gasteiger partial charge in [-0.15, -0.1) is 0 Å². The predicted molar refractivity (Wildman–Crippen MR) is 82.6 cm³/mol. The number of anilines is 1. The molecule has 21 heavy (non-hydrogen) atoms. The van der Waals surface area contributed by atoms with Crippen LogP contribution in [0.15, 0.2) is 41.4 Å². The van der Waals surface area contributed by atoms with Gasteiger partial charge in [-0.05, 0) is 24.6 Å². The number of hydrogen-bond acceptors (Lipinski definition) is 4. The molecule has 0 fully saturated rings. The summed E-state index contributed by atoms with van der Waals surface area (Å²) in [6.45, 7) is 2.00. The molecular weight excluding hydrogens is 288 g/mol. The van der Waals surface area contributed by atoms with Crippen LogP contribution in [-0.4, -0.2) is 36.6 Å². The summed E-state index contributed by atoms with van der Waals surface area (Å²) in [5.41, 5.74) is 0.998. The van der Waals surface area contributed by atoms with Gasteiger partial charge in [0.05, 0.1) is 4.90 Å². The van der Waals surface area contributed by atoms with Crippen LogP contribution in [0.1, 0.15) is 18.5 Å². The molecular formula is C14H20N4O2S. The van der Waals surface area contributed by atoms with Crippen molar-refractivity contribution in [2.24, 2.45) is 7.05 Å². The quantitative estimate of drug-likeness (QED) is 0.915. The van der Waals surface area contributed by atoms with Gasteiger partial charge in [0.2, 0.25) is 10.0 Å². The molecule has 2 aromatic rings. The first kappa shape index (κ1) is 15.5. The zero-order chi connectivity index (χ0) is 15.6. The Hall–Kier alpha value is -1.86. The number of nitrogens with one attached hydrogen (secondary N) is 1. The first-order valence-electron chi connectivity index (χ1n) is 6.59. The molecule has 1 aromatic heterocycles. The van der Waals surface area contributed by atoms with E-state index in [1.54, 1.807) is 16.8 Å². The zero-order valence-corrected chi connectivity index (χ0v) is 13.4. The van der Waals surface area contributed by atoms with Crippen molar-refractivity contribution in [2.75, 3.05) is 19.4 Å². The highest BCUT2D eigenvalue weighted by atomic mass is 32.2. The van der Waals surface area contributed by atoms with Gasteiger partial charge in [0.25, 0.3) is 0 Å². The fourth-order valence-electron chi connectivity index (χ4n) is 1.94. The smallest absolute Gasteiger partial charge is 0.242 e. The molecule has 0 aliphatic rings. The first-order valence-corrected chi connectivity index (χ1v) is 8.03. The molecule has 1 N–H and O–H groups in total. The highest BCUT2D eigenvalue weighted by Gasteiger charge is 2.17. The Morgan fingerprint density at radius 1 is 1.19 bits per heavy atom. The zero-order valence-electron chi connectivity index (χ0n) is 12.6. The molecule has 0 bridgehead atoms. The van der Waals surface area contributed by atoms with E-state index in [1.165, 1.54) is 18.4 Å². The minimum Gasteiger partial charge on any atom is -0.362 e. The molecule has 7 heteroatoms. The summed E-state index contributed by atoms with van der Waals surface area (Å²) < 4.78 is 26.9. The molecule has 0 aliphatic carbocycles.